The van der Waals surface area contributed by atoms with Crippen molar-refractivity contribution in [1.29, 1.82) is 0 Å². The minimum Gasteiger partial charge on any atom is -0.508 e. The molecule has 2 rings (SSSR count). The molecule has 0 saturated heterocycles. The first-order chi connectivity index (χ1) is 8.72. The molecule has 0 aromatic heterocycles. The van der Waals surface area contributed by atoms with Crippen LogP contribution >= 0.6 is 0 Å². The lowest BCUT2D eigenvalue weighted by molar-refractivity contribution is 0.475. The first-order valence-electron chi connectivity index (χ1n) is 6.60. The molecule has 0 heterocycles. The van der Waals surface area contributed by atoms with Crippen LogP contribution in [0.25, 0.3) is 11.1 Å². The fourth-order valence-electron chi connectivity index (χ4n) is 2.42. The van der Waals surface area contributed by atoms with Gasteiger partial charge in [0.05, 0.1) is 0 Å². The van der Waals surface area contributed by atoms with Crippen LogP contribution in [-0.4, -0.2) is 5.11 Å². The average molecular weight is 240 g/mol. The lowest BCUT2D eigenvalue weighted by atomic mass is 9.89. The van der Waals surface area contributed by atoms with E-state index in [0.717, 1.165) is 0 Å². The zero-order valence-electron chi connectivity index (χ0n) is 11.1. The van der Waals surface area contributed by atoms with Gasteiger partial charge in [-0.25, -0.2) is 0 Å². The zero-order valence-corrected chi connectivity index (χ0v) is 11.1. The molecule has 0 saturated carbocycles. The van der Waals surface area contributed by atoms with Crippen LogP contribution in [0.4, 0.5) is 0 Å². The van der Waals surface area contributed by atoms with Gasteiger partial charge >= 0.3 is 0 Å². The summed E-state index contributed by atoms with van der Waals surface area (Å²) in [5.74, 6) is 0.887. The molecule has 1 heteroatoms. The largest absolute Gasteiger partial charge is 0.508 e. The molecule has 0 fully saturated rings. The van der Waals surface area contributed by atoms with Gasteiger partial charge in [-0.2, -0.15) is 0 Å². The van der Waals surface area contributed by atoms with E-state index in [1.165, 1.54) is 29.5 Å². The second-order valence-electron chi connectivity index (χ2n) is 4.82. The van der Waals surface area contributed by atoms with Crippen LogP contribution in [-0.2, 0) is 0 Å². The number of benzene rings is 2. The highest BCUT2D eigenvalue weighted by atomic mass is 16.3. The van der Waals surface area contributed by atoms with Crippen LogP contribution in [0, 0.1) is 0 Å². The standard InChI is InChI=1S/C17H20O/c1-3-6-13(2)16-7-4-5-8-17(16)14-9-11-15(18)12-10-14/h4-5,7-13,18H,3,6H2,1-2H3. The Labute approximate surface area is 109 Å². The third-order valence-electron chi connectivity index (χ3n) is 3.39. The maximum atomic E-state index is 9.37. The molecule has 18 heavy (non-hydrogen) atoms. The summed E-state index contributed by atoms with van der Waals surface area (Å²) in [5.41, 5.74) is 3.84. The number of phenols is 1. The summed E-state index contributed by atoms with van der Waals surface area (Å²) < 4.78 is 0. The number of aromatic hydroxyl groups is 1. The SMILES string of the molecule is CCCC(C)c1ccccc1-c1ccc(O)cc1. The van der Waals surface area contributed by atoms with E-state index in [9.17, 15) is 5.11 Å². The smallest absolute Gasteiger partial charge is 0.115 e. The molecule has 1 N–H and O–H groups in total. The van der Waals surface area contributed by atoms with Gasteiger partial charge in [-0.3, -0.25) is 0 Å². The van der Waals surface area contributed by atoms with Crippen LogP contribution in [0.15, 0.2) is 48.5 Å². The second kappa shape index (κ2) is 5.72. The molecule has 1 nitrogen and oxygen atoms in total. The molecule has 0 radical (unpaired) electrons. The van der Waals surface area contributed by atoms with Crippen LogP contribution in [0.5, 0.6) is 5.75 Å². The van der Waals surface area contributed by atoms with Gasteiger partial charge in [-0.1, -0.05) is 56.7 Å². The quantitative estimate of drug-likeness (QED) is 0.800. The van der Waals surface area contributed by atoms with Crippen LogP contribution in [0.1, 0.15) is 38.2 Å². The van der Waals surface area contributed by atoms with Crippen molar-refractivity contribution in [3.05, 3.63) is 54.1 Å². The van der Waals surface area contributed by atoms with Gasteiger partial charge in [0.15, 0.2) is 0 Å². The van der Waals surface area contributed by atoms with Crippen molar-refractivity contribution in [1.82, 2.24) is 0 Å². The molecule has 1 atom stereocenters. The van der Waals surface area contributed by atoms with E-state index >= 15 is 0 Å². The summed E-state index contributed by atoms with van der Waals surface area (Å²) in [6, 6.07) is 16.0. The van der Waals surface area contributed by atoms with Crippen molar-refractivity contribution in [2.75, 3.05) is 0 Å². The minimum atomic E-state index is 0.317. The predicted molar refractivity (Wildman–Crippen MR) is 76.9 cm³/mol. The van der Waals surface area contributed by atoms with E-state index in [4.69, 9.17) is 0 Å². The van der Waals surface area contributed by atoms with E-state index in [1.54, 1.807) is 12.1 Å². The minimum absolute atomic E-state index is 0.317. The fraction of sp³-hybridized carbons (Fsp3) is 0.294. The maximum absolute atomic E-state index is 9.37. The summed E-state index contributed by atoms with van der Waals surface area (Å²) in [4.78, 5) is 0. The molecule has 2 aromatic carbocycles. The maximum Gasteiger partial charge on any atom is 0.115 e. The number of rotatable bonds is 4. The first-order valence-corrected chi connectivity index (χ1v) is 6.60. The fourth-order valence-corrected chi connectivity index (χ4v) is 2.42. The third kappa shape index (κ3) is 2.73. The molecular weight excluding hydrogens is 220 g/mol. The van der Waals surface area contributed by atoms with Crippen LogP contribution < -0.4 is 0 Å². The Morgan fingerprint density at radius 3 is 2.33 bits per heavy atom. The summed E-state index contributed by atoms with van der Waals surface area (Å²) in [7, 11) is 0. The Hall–Kier alpha value is -1.76. The molecule has 0 amide bonds. The van der Waals surface area contributed by atoms with Crippen molar-refractivity contribution >= 4 is 0 Å². The monoisotopic (exact) mass is 240 g/mol. The van der Waals surface area contributed by atoms with Crippen molar-refractivity contribution in [2.24, 2.45) is 0 Å². The summed E-state index contributed by atoms with van der Waals surface area (Å²) in [6.07, 6.45) is 2.40. The van der Waals surface area contributed by atoms with Crippen molar-refractivity contribution in [3.63, 3.8) is 0 Å². The Morgan fingerprint density at radius 1 is 1.00 bits per heavy atom. The van der Waals surface area contributed by atoms with E-state index in [1.807, 2.05) is 12.1 Å². The van der Waals surface area contributed by atoms with Gasteiger partial charge < -0.3 is 5.11 Å². The molecular formula is C17H20O. The average Bonchev–Trinajstić information content (AvgIpc) is 2.40. The van der Waals surface area contributed by atoms with Crippen LogP contribution in [0.2, 0.25) is 0 Å². The van der Waals surface area contributed by atoms with E-state index in [-0.39, 0.29) is 0 Å². The van der Waals surface area contributed by atoms with Crippen LogP contribution in [0.3, 0.4) is 0 Å². The third-order valence-corrected chi connectivity index (χ3v) is 3.39. The van der Waals surface area contributed by atoms with E-state index in [2.05, 4.69) is 38.1 Å². The second-order valence-corrected chi connectivity index (χ2v) is 4.82. The van der Waals surface area contributed by atoms with Crippen molar-refractivity contribution < 1.29 is 5.11 Å². The summed E-state index contributed by atoms with van der Waals surface area (Å²) in [6.45, 7) is 4.50. The highest BCUT2D eigenvalue weighted by molar-refractivity contribution is 5.68. The zero-order chi connectivity index (χ0) is 13.0. The van der Waals surface area contributed by atoms with Gasteiger partial charge in [0, 0.05) is 0 Å². The molecule has 0 bridgehead atoms. The molecule has 2 aromatic rings. The molecule has 94 valence electrons. The topological polar surface area (TPSA) is 20.2 Å². The Balaban J connectivity index is 2.41. The lowest BCUT2D eigenvalue weighted by Gasteiger charge is -2.16. The predicted octanol–water partition coefficient (Wildman–Crippen LogP) is 4.96. The number of hydrogen-bond acceptors (Lipinski definition) is 1. The van der Waals surface area contributed by atoms with Gasteiger partial charge in [-0.05, 0) is 41.2 Å². The summed E-state index contributed by atoms with van der Waals surface area (Å²) in [5, 5.41) is 9.37. The number of hydrogen-bond donors (Lipinski definition) is 1. The first kappa shape index (κ1) is 12.7. The summed E-state index contributed by atoms with van der Waals surface area (Å²) >= 11 is 0. The normalized spacial score (nSPS) is 12.3. The lowest BCUT2D eigenvalue weighted by Crippen LogP contribution is -1.96. The van der Waals surface area contributed by atoms with Gasteiger partial charge in [0.1, 0.15) is 5.75 Å². The van der Waals surface area contributed by atoms with Crippen molar-refractivity contribution in [3.8, 4) is 16.9 Å². The molecule has 0 aliphatic carbocycles. The Bertz CT molecular complexity index is 499. The highest BCUT2D eigenvalue weighted by Gasteiger charge is 2.10. The van der Waals surface area contributed by atoms with Gasteiger partial charge in [-0.15, -0.1) is 0 Å². The molecule has 0 spiro atoms. The van der Waals surface area contributed by atoms with Gasteiger partial charge in [0.25, 0.3) is 0 Å². The van der Waals surface area contributed by atoms with E-state index < -0.39 is 0 Å². The highest BCUT2D eigenvalue weighted by Crippen LogP contribution is 2.32. The van der Waals surface area contributed by atoms with Crippen molar-refractivity contribution in [2.45, 2.75) is 32.6 Å². The van der Waals surface area contributed by atoms with Gasteiger partial charge in [0.2, 0.25) is 0 Å². The van der Waals surface area contributed by atoms with E-state index in [0.29, 0.717) is 11.7 Å². The molecule has 1 unspecified atom stereocenters. The molecule has 0 aliphatic heterocycles. The Kier molecular flexibility index (Phi) is 4.03. The Morgan fingerprint density at radius 2 is 1.67 bits per heavy atom. The number of phenolic OH excluding ortho intramolecular Hbond substituents is 1. The molecule has 0 aliphatic rings.